The fraction of sp³-hybridized carbons (Fsp3) is 0.438. The summed E-state index contributed by atoms with van der Waals surface area (Å²) in [6.07, 6.45) is 0.292. The molecule has 0 unspecified atom stereocenters. The van der Waals surface area contributed by atoms with E-state index in [9.17, 15) is 4.79 Å². The first-order valence-corrected chi connectivity index (χ1v) is 8.66. The van der Waals surface area contributed by atoms with Crippen molar-refractivity contribution in [3.05, 3.63) is 29.0 Å². The Balaban J connectivity index is 1.86. The first-order valence-electron chi connectivity index (χ1n) is 7.51. The van der Waals surface area contributed by atoms with Gasteiger partial charge in [0, 0.05) is 34.9 Å². The van der Waals surface area contributed by atoms with Gasteiger partial charge in [-0.25, -0.2) is 4.98 Å². The van der Waals surface area contributed by atoms with Crippen LogP contribution in [0.4, 0.5) is 10.8 Å². The smallest absolute Gasteiger partial charge is 0.226 e. The standard InChI is InChI=1S/C16H21ClN4O2S/c1-16(2,3)14-20-15(24-21-14)18-8-7-13(22)19-11-9-10(17)5-6-12(11)23-4/h5-6,9H,7-8H2,1-4H3,(H,19,22)(H,18,20,21). The third kappa shape index (κ3) is 5.07. The van der Waals surface area contributed by atoms with Crippen molar-refractivity contribution in [2.45, 2.75) is 32.6 Å². The van der Waals surface area contributed by atoms with Gasteiger partial charge in [0.05, 0.1) is 12.8 Å². The van der Waals surface area contributed by atoms with Gasteiger partial charge in [-0.2, -0.15) is 4.37 Å². The van der Waals surface area contributed by atoms with Crippen molar-refractivity contribution in [1.82, 2.24) is 9.36 Å². The van der Waals surface area contributed by atoms with E-state index in [4.69, 9.17) is 16.3 Å². The number of hydrogen-bond donors (Lipinski definition) is 2. The molecular formula is C16H21ClN4O2S. The number of hydrogen-bond acceptors (Lipinski definition) is 6. The van der Waals surface area contributed by atoms with Gasteiger partial charge in [0.15, 0.2) is 0 Å². The summed E-state index contributed by atoms with van der Waals surface area (Å²) in [5.74, 6) is 1.23. The van der Waals surface area contributed by atoms with E-state index in [1.165, 1.54) is 11.5 Å². The SMILES string of the molecule is COc1ccc(Cl)cc1NC(=O)CCNc1nc(C(C)(C)C)ns1. The largest absolute Gasteiger partial charge is 0.495 e. The Morgan fingerprint density at radius 2 is 2.12 bits per heavy atom. The molecule has 130 valence electrons. The summed E-state index contributed by atoms with van der Waals surface area (Å²) < 4.78 is 9.53. The van der Waals surface area contributed by atoms with Crippen molar-refractivity contribution < 1.29 is 9.53 Å². The number of benzene rings is 1. The van der Waals surface area contributed by atoms with Gasteiger partial charge in [0.25, 0.3) is 0 Å². The van der Waals surface area contributed by atoms with E-state index in [-0.39, 0.29) is 11.3 Å². The highest BCUT2D eigenvalue weighted by Crippen LogP contribution is 2.27. The number of carbonyl (C=O) groups is 1. The average molecular weight is 369 g/mol. The summed E-state index contributed by atoms with van der Waals surface area (Å²) >= 11 is 7.25. The van der Waals surface area contributed by atoms with Crippen molar-refractivity contribution in [2.75, 3.05) is 24.3 Å². The van der Waals surface area contributed by atoms with E-state index in [2.05, 4.69) is 40.8 Å². The van der Waals surface area contributed by atoms with E-state index in [1.807, 2.05) is 0 Å². The molecule has 0 spiro atoms. The maximum Gasteiger partial charge on any atom is 0.226 e. The van der Waals surface area contributed by atoms with Crippen molar-refractivity contribution in [3.63, 3.8) is 0 Å². The summed E-state index contributed by atoms with van der Waals surface area (Å²) in [5.41, 5.74) is 0.470. The number of anilines is 2. The lowest BCUT2D eigenvalue weighted by Gasteiger charge is -2.12. The number of carbonyl (C=O) groups excluding carboxylic acids is 1. The van der Waals surface area contributed by atoms with E-state index in [1.54, 1.807) is 25.3 Å². The highest BCUT2D eigenvalue weighted by atomic mass is 35.5. The zero-order valence-corrected chi connectivity index (χ0v) is 15.7. The van der Waals surface area contributed by atoms with Crippen LogP contribution in [0.2, 0.25) is 5.02 Å². The molecule has 8 heteroatoms. The third-order valence-electron chi connectivity index (χ3n) is 3.16. The molecule has 2 N–H and O–H groups in total. The Bertz CT molecular complexity index is 712. The molecule has 1 aromatic heterocycles. The van der Waals surface area contributed by atoms with Crippen molar-refractivity contribution >= 4 is 39.9 Å². The number of nitrogens with zero attached hydrogens (tertiary/aromatic N) is 2. The summed E-state index contributed by atoms with van der Waals surface area (Å²) in [6, 6.07) is 5.08. The fourth-order valence-electron chi connectivity index (χ4n) is 1.87. The van der Waals surface area contributed by atoms with Crippen LogP contribution in [-0.4, -0.2) is 28.9 Å². The van der Waals surface area contributed by atoms with Crippen LogP contribution < -0.4 is 15.4 Å². The second-order valence-electron chi connectivity index (χ2n) is 6.24. The molecular weight excluding hydrogens is 348 g/mol. The number of nitrogens with one attached hydrogen (secondary N) is 2. The van der Waals surface area contributed by atoms with Crippen molar-refractivity contribution in [3.8, 4) is 5.75 Å². The zero-order chi connectivity index (χ0) is 17.7. The van der Waals surface area contributed by atoms with Crippen LogP contribution in [0.5, 0.6) is 5.75 Å². The molecule has 0 aliphatic heterocycles. The molecule has 0 atom stereocenters. The molecule has 6 nitrogen and oxygen atoms in total. The van der Waals surface area contributed by atoms with Gasteiger partial charge in [-0.15, -0.1) is 0 Å². The Kier molecular flexibility index (Phi) is 6.01. The molecule has 1 aromatic carbocycles. The van der Waals surface area contributed by atoms with Gasteiger partial charge in [-0.05, 0) is 18.2 Å². The minimum absolute atomic E-state index is 0.0864. The highest BCUT2D eigenvalue weighted by molar-refractivity contribution is 7.09. The highest BCUT2D eigenvalue weighted by Gasteiger charge is 2.19. The predicted molar refractivity (Wildman–Crippen MR) is 98.3 cm³/mol. The van der Waals surface area contributed by atoms with Gasteiger partial charge < -0.3 is 15.4 Å². The monoisotopic (exact) mass is 368 g/mol. The van der Waals surface area contributed by atoms with Crippen molar-refractivity contribution in [1.29, 1.82) is 0 Å². The van der Waals surface area contributed by atoms with Gasteiger partial charge in [0.2, 0.25) is 11.0 Å². The molecule has 0 aliphatic rings. The van der Waals surface area contributed by atoms with Crippen LogP contribution in [-0.2, 0) is 10.2 Å². The molecule has 0 bridgehead atoms. The number of aromatic nitrogens is 2. The fourth-order valence-corrected chi connectivity index (χ4v) is 2.83. The Hall–Kier alpha value is -1.86. The Morgan fingerprint density at radius 3 is 2.75 bits per heavy atom. The number of ether oxygens (including phenoxy) is 1. The summed E-state index contributed by atoms with van der Waals surface area (Å²) in [4.78, 5) is 16.5. The van der Waals surface area contributed by atoms with Gasteiger partial charge in [-0.1, -0.05) is 32.4 Å². The molecule has 0 saturated carbocycles. The molecule has 0 aliphatic carbocycles. The third-order valence-corrected chi connectivity index (χ3v) is 4.07. The first kappa shape index (κ1) is 18.5. The van der Waals surface area contributed by atoms with E-state index >= 15 is 0 Å². The topological polar surface area (TPSA) is 76.1 Å². The number of rotatable bonds is 6. The van der Waals surface area contributed by atoms with Gasteiger partial charge in [0.1, 0.15) is 11.6 Å². The van der Waals surface area contributed by atoms with Gasteiger partial charge >= 0.3 is 0 Å². The van der Waals surface area contributed by atoms with Crippen molar-refractivity contribution in [2.24, 2.45) is 0 Å². The number of methoxy groups -OCH3 is 1. The Morgan fingerprint density at radius 1 is 1.38 bits per heavy atom. The molecule has 0 fully saturated rings. The minimum Gasteiger partial charge on any atom is -0.495 e. The van der Waals surface area contributed by atoms with Crippen LogP contribution in [0, 0.1) is 0 Å². The molecule has 0 saturated heterocycles. The lowest BCUT2D eigenvalue weighted by atomic mass is 9.96. The molecule has 1 heterocycles. The second-order valence-corrected chi connectivity index (χ2v) is 7.43. The number of halogens is 1. The lowest BCUT2D eigenvalue weighted by molar-refractivity contribution is -0.116. The summed E-state index contributed by atoms with van der Waals surface area (Å²) in [6.45, 7) is 6.65. The van der Waals surface area contributed by atoms with E-state index in [0.717, 1.165) is 5.82 Å². The van der Waals surface area contributed by atoms with Crippen LogP contribution in [0.1, 0.15) is 33.0 Å². The van der Waals surface area contributed by atoms with Gasteiger partial charge in [-0.3, -0.25) is 4.79 Å². The quantitative estimate of drug-likeness (QED) is 0.807. The van der Waals surface area contributed by atoms with Crippen LogP contribution in [0.25, 0.3) is 0 Å². The molecule has 24 heavy (non-hydrogen) atoms. The number of amides is 1. The average Bonchev–Trinajstić information content (AvgIpc) is 2.96. The molecule has 1 amide bonds. The normalized spacial score (nSPS) is 11.2. The summed E-state index contributed by atoms with van der Waals surface area (Å²) in [5, 5.41) is 7.17. The second kappa shape index (κ2) is 7.81. The van der Waals surface area contributed by atoms with Crippen LogP contribution >= 0.6 is 23.1 Å². The lowest BCUT2D eigenvalue weighted by Crippen LogP contribution is -2.17. The minimum atomic E-state index is -0.136. The maximum absolute atomic E-state index is 12.1. The molecule has 0 radical (unpaired) electrons. The molecule has 2 rings (SSSR count). The predicted octanol–water partition coefficient (Wildman–Crippen LogP) is 3.94. The maximum atomic E-state index is 12.1. The van der Waals surface area contributed by atoms with Crippen LogP contribution in [0.3, 0.4) is 0 Å². The zero-order valence-electron chi connectivity index (χ0n) is 14.1. The van der Waals surface area contributed by atoms with E-state index in [0.29, 0.717) is 34.6 Å². The summed E-state index contributed by atoms with van der Waals surface area (Å²) in [7, 11) is 1.54. The first-order chi connectivity index (χ1) is 11.3. The van der Waals surface area contributed by atoms with Crippen LogP contribution in [0.15, 0.2) is 18.2 Å². The molecule has 2 aromatic rings. The Labute approximate surface area is 150 Å². The van der Waals surface area contributed by atoms with E-state index < -0.39 is 0 Å².